The van der Waals surface area contributed by atoms with Gasteiger partial charge in [-0.1, -0.05) is 12.2 Å². The van der Waals surface area contributed by atoms with Gasteiger partial charge in [-0.25, -0.2) is 0 Å². The summed E-state index contributed by atoms with van der Waals surface area (Å²) in [6.45, 7) is 0.185. The molecule has 9 nitrogen and oxygen atoms in total. The van der Waals surface area contributed by atoms with Crippen LogP contribution in [-0.4, -0.2) is 41.2 Å². The fraction of sp³-hybridized carbons (Fsp3) is 0.421. The summed E-state index contributed by atoms with van der Waals surface area (Å²) in [4.78, 5) is 48.6. The SMILES string of the molecule is COc1ccc([N+](=O)[O-])cc1NC(=O)CCCN1C(=O)[C@H]2CC=CC[C@H]2C1=O. The summed E-state index contributed by atoms with van der Waals surface area (Å²) in [5, 5.41) is 13.5. The molecule has 28 heavy (non-hydrogen) atoms. The molecule has 3 amide bonds. The third-order valence-corrected chi connectivity index (χ3v) is 5.05. The molecule has 0 saturated carbocycles. The van der Waals surface area contributed by atoms with Gasteiger partial charge in [-0.2, -0.15) is 0 Å². The highest BCUT2D eigenvalue weighted by atomic mass is 16.6. The second kappa shape index (κ2) is 8.20. The number of hydrogen-bond donors (Lipinski definition) is 1. The number of ether oxygens (including phenoxy) is 1. The number of imide groups is 1. The van der Waals surface area contributed by atoms with Crippen LogP contribution in [0.3, 0.4) is 0 Å². The maximum absolute atomic E-state index is 12.4. The molecule has 1 aromatic rings. The van der Waals surface area contributed by atoms with Crippen LogP contribution >= 0.6 is 0 Å². The van der Waals surface area contributed by atoms with Gasteiger partial charge in [-0.3, -0.25) is 29.4 Å². The van der Waals surface area contributed by atoms with Crippen molar-refractivity contribution in [3.05, 3.63) is 40.5 Å². The molecular formula is C19H21N3O6. The van der Waals surface area contributed by atoms with Gasteiger partial charge in [0, 0.05) is 25.1 Å². The topological polar surface area (TPSA) is 119 Å². The minimum atomic E-state index is -0.562. The predicted molar refractivity (Wildman–Crippen MR) is 99.6 cm³/mol. The van der Waals surface area contributed by atoms with Crippen molar-refractivity contribution in [2.75, 3.05) is 19.0 Å². The summed E-state index contributed by atoms with van der Waals surface area (Å²) in [6, 6.07) is 3.92. The van der Waals surface area contributed by atoms with Gasteiger partial charge in [0.1, 0.15) is 5.75 Å². The van der Waals surface area contributed by atoms with Crippen LogP contribution in [0.1, 0.15) is 25.7 Å². The highest BCUT2D eigenvalue weighted by Gasteiger charge is 2.46. The minimum absolute atomic E-state index is 0.0660. The maximum atomic E-state index is 12.4. The number of nitro groups is 1. The molecule has 0 radical (unpaired) electrons. The molecule has 1 N–H and O–H groups in total. The summed E-state index contributed by atoms with van der Waals surface area (Å²) in [7, 11) is 1.40. The molecule has 0 unspecified atom stereocenters. The van der Waals surface area contributed by atoms with E-state index in [0.717, 1.165) is 0 Å². The quantitative estimate of drug-likeness (QED) is 0.332. The van der Waals surface area contributed by atoms with E-state index in [-0.39, 0.29) is 53.9 Å². The van der Waals surface area contributed by atoms with E-state index in [0.29, 0.717) is 25.0 Å². The van der Waals surface area contributed by atoms with Crippen molar-refractivity contribution < 1.29 is 24.0 Å². The third-order valence-electron chi connectivity index (χ3n) is 5.05. The standard InChI is InChI=1S/C19H21N3O6/c1-28-16-9-8-12(22(26)27)11-15(16)20-17(23)7-4-10-21-18(24)13-5-2-3-6-14(13)19(21)25/h2-3,8-9,11,13-14H,4-7,10H2,1H3,(H,20,23)/t13-,14+. The Balaban J connectivity index is 1.55. The van der Waals surface area contributed by atoms with Crippen LogP contribution in [0.4, 0.5) is 11.4 Å². The molecule has 148 valence electrons. The lowest BCUT2D eigenvalue weighted by atomic mass is 9.85. The molecule has 1 saturated heterocycles. The number of methoxy groups -OCH3 is 1. The Morgan fingerprint density at radius 1 is 1.25 bits per heavy atom. The number of hydrogen-bond acceptors (Lipinski definition) is 6. The van der Waals surface area contributed by atoms with Crippen LogP contribution in [0, 0.1) is 22.0 Å². The van der Waals surface area contributed by atoms with Gasteiger partial charge in [-0.05, 0) is 25.3 Å². The highest BCUT2D eigenvalue weighted by molar-refractivity contribution is 6.05. The van der Waals surface area contributed by atoms with Crippen molar-refractivity contribution >= 4 is 29.1 Å². The van der Waals surface area contributed by atoms with Crippen LogP contribution in [0.25, 0.3) is 0 Å². The molecular weight excluding hydrogens is 366 g/mol. The van der Waals surface area contributed by atoms with Gasteiger partial charge >= 0.3 is 0 Å². The first-order chi connectivity index (χ1) is 13.4. The smallest absolute Gasteiger partial charge is 0.271 e. The zero-order valence-corrected chi connectivity index (χ0v) is 15.4. The molecule has 0 aromatic heterocycles. The van der Waals surface area contributed by atoms with Gasteiger partial charge in [0.2, 0.25) is 17.7 Å². The van der Waals surface area contributed by atoms with Crippen molar-refractivity contribution in [3.8, 4) is 5.75 Å². The summed E-state index contributed by atoms with van der Waals surface area (Å²) in [5.74, 6) is -0.960. The predicted octanol–water partition coefficient (Wildman–Crippen LogP) is 2.27. The lowest BCUT2D eigenvalue weighted by molar-refractivity contribution is -0.384. The molecule has 0 bridgehead atoms. The van der Waals surface area contributed by atoms with Crippen molar-refractivity contribution in [1.82, 2.24) is 4.90 Å². The van der Waals surface area contributed by atoms with Crippen molar-refractivity contribution in [2.24, 2.45) is 11.8 Å². The highest BCUT2D eigenvalue weighted by Crippen LogP contribution is 2.35. The average Bonchev–Trinajstić information content (AvgIpc) is 2.93. The van der Waals surface area contributed by atoms with Gasteiger partial charge < -0.3 is 10.1 Å². The average molecular weight is 387 g/mol. The number of amides is 3. The van der Waals surface area contributed by atoms with Crippen LogP contribution < -0.4 is 10.1 Å². The van der Waals surface area contributed by atoms with Crippen LogP contribution in [-0.2, 0) is 14.4 Å². The number of nitrogens with zero attached hydrogens (tertiary/aromatic N) is 2. The number of allylic oxidation sites excluding steroid dienone is 2. The second-order valence-electron chi connectivity index (χ2n) is 6.78. The number of carbonyl (C=O) groups excluding carboxylic acids is 3. The zero-order chi connectivity index (χ0) is 20.3. The molecule has 2 atom stereocenters. The number of carbonyl (C=O) groups is 3. The molecule has 1 fully saturated rings. The van der Waals surface area contributed by atoms with E-state index in [1.54, 1.807) is 0 Å². The maximum Gasteiger partial charge on any atom is 0.271 e. The van der Waals surface area contributed by atoms with E-state index in [9.17, 15) is 24.5 Å². The molecule has 0 spiro atoms. The van der Waals surface area contributed by atoms with E-state index in [1.165, 1.54) is 30.2 Å². The monoisotopic (exact) mass is 387 g/mol. The number of non-ortho nitro benzene ring substituents is 1. The minimum Gasteiger partial charge on any atom is -0.495 e. The Labute approximate surface area is 161 Å². The first-order valence-corrected chi connectivity index (χ1v) is 9.05. The Morgan fingerprint density at radius 3 is 2.46 bits per heavy atom. The summed E-state index contributed by atoms with van der Waals surface area (Å²) in [6.07, 6.45) is 5.40. The normalized spacial score (nSPS) is 20.8. The molecule has 9 heteroatoms. The molecule has 2 aliphatic rings. The van der Waals surface area contributed by atoms with E-state index in [2.05, 4.69) is 5.32 Å². The number of fused-ring (bicyclic) bond motifs is 1. The second-order valence-corrected chi connectivity index (χ2v) is 6.78. The Morgan fingerprint density at radius 2 is 1.89 bits per heavy atom. The van der Waals surface area contributed by atoms with Gasteiger partial charge in [0.25, 0.3) is 5.69 Å². The van der Waals surface area contributed by atoms with Crippen LogP contribution in [0.2, 0.25) is 0 Å². The number of nitro benzene ring substituents is 1. The Bertz CT molecular complexity index is 824. The van der Waals surface area contributed by atoms with E-state index in [1.807, 2.05) is 12.2 Å². The first kappa shape index (κ1) is 19.5. The Hall–Kier alpha value is -3.23. The van der Waals surface area contributed by atoms with E-state index < -0.39 is 4.92 Å². The number of nitrogens with one attached hydrogen (secondary N) is 1. The molecule has 1 heterocycles. The van der Waals surface area contributed by atoms with Gasteiger partial charge in [0.05, 0.1) is 29.6 Å². The largest absolute Gasteiger partial charge is 0.495 e. The van der Waals surface area contributed by atoms with Crippen molar-refractivity contribution in [3.63, 3.8) is 0 Å². The van der Waals surface area contributed by atoms with Crippen molar-refractivity contribution in [1.29, 1.82) is 0 Å². The van der Waals surface area contributed by atoms with E-state index in [4.69, 9.17) is 4.74 Å². The zero-order valence-electron chi connectivity index (χ0n) is 15.4. The summed E-state index contributed by atoms with van der Waals surface area (Å²) >= 11 is 0. The lowest BCUT2D eigenvalue weighted by Crippen LogP contribution is -2.32. The molecule has 1 aliphatic heterocycles. The molecule has 1 aliphatic carbocycles. The molecule has 3 rings (SSSR count). The third kappa shape index (κ3) is 3.88. The Kier molecular flexibility index (Phi) is 5.72. The fourth-order valence-electron chi connectivity index (χ4n) is 3.61. The molecule has 1 aromatic carbocycles. The van der Waals surface area contributed by atoms with Crippen LogP contribution in [0.15, 0.2) is 30.4 Å². The number of benzene rings is 1. The van der Waals surface area contributed by atoms with Gasteiger partial charge in [-0.15, -0.1) is 0 Å². The summed E-state index contributed by atoms with van der Waals surface area (Å²) in [5.41, 5.74) is 0.0349. The van der Waals surface area contributed by atoms with Gasteiger partial charge in [0.15, 0.2) is 0 Å². The lowest BCUT2D eigenvalue weighted by Gasteiger charge is -2.14. The van der Waals surface area contributed by atoms with Crippen LogP contribution in [0.5, 0.6) is 5.75 Å². The van der Waals surface area contributed by atoms with Crippen molar-refractivity contribution in [2.45, 2.75) is 25.7 Å². The number of likely N-dealkylation sites (tertiary alicyclic amines) is 1. The summed E-state index contributed by atoms with van der Waals surface area (Å²) < 4.78 is 5.11. The first-order valence-electron chi connectivity index (χ1n) is 9.05. The number of rotatable bonds is 7. The van der Waals surface area contributed by atoms with E-state index >= 15 is 0 Å². The fourth-order valence-corrected chi connectivity index (χ4v) is 3.61. The number of anilines is 1.